The van der Waals surface area contributed by atoms with Crippen LogP contribution in [0, 0.1) is 0 Å². The first-order valence-electron chi connectivity index (χ1n) is 9.47. The van der Waals surface area contributed by atoms with Crippen LogP contribution < -0.4 is 10.6 Å². The van der Waals surface area contributed by atoms with Gasteiger partial charge in [0.1, 0.15) is 0 Å². The number of amides is 2. The Kier molecular flexibility index (Phi) is 6.67. The summed E-state index contributed by atoms with van der Waals surface area (Å²) in [6.45, 7) is 0.238. The molecule has 2 aromatic rings. The molecule has 10 heteroatoms. The highest BCUT2D eigenvalue weighted by atomic mass is 32.2. The van der Waals surface area contributed by atoms with Crippen LogP contribution in [0.25, 0.3) is 0 Å². The van der Waals surface area contributed by atoms with Crippen molar-refractivity contribution in [3.05, 3.63) is 60.2 Å². The summed E-state index contributed by atoms with van der Waals surface area (Å²) in [5, 5.41) is 5.30. The summed E-state index contributed by atoms with van der Waals surface area (Å²) in [5.41, 5.74) is -0.426. The van der Waals surface area contributed by atoms with Gasteiger partial charge in [-0.05, 0) is 43.2 Å². The van der Waals surface area contributed by atoms with Gasteiger partial charge in [0.2, 0.25) is 10.0 Å². The highest BCUT2D eigenvalue weighted by Crippen LogP contribution is 2.32. The predicted octanol–water partition coefficient (Wildman–Crippen LogP) is 4.07. The van der Waals surface area contributed by atoms with Crippen LogP contribution >= 0.6 is 0 Å². The third-order valence-corrected chi connectivity index (χ3v) is 6.82. The van der Waals surface area contributed by atoms with E-state index in [2.05, 4.69) is 10.6 Å². The number of rotatable bonds is 5. The molecule has 2 aromatic carbocycles. The van der Waals surface area contributed by atoms with Crippen molar-refractivity contribution in [2.45, 2.75) is 36.4 Å². The molecule has 1 heterocycles. The first-order chi connectivity index (χ1) is 14.2. The van der Waals surface area contributed by atoms with Crippen molar-refractivity contribution in [2.75, 3.05) is 18.4 Å². The van der Waals surface area contributed by atoms with Crippen LogP contribution in [0.4, 0.5) is 23.7 Å². The number of hydrogen-bond donors (Lipinski definition) is 2. The molecule has 2 amide bonds. The Balaban J connectivity index is 1.72. The Hall–Kier alpha value is -2.59. The van der Waals surface area contributed by atoms with Gasteiger partial charge in [0.15, 0.2) is 0 Å². The largest absolute Gasteiger partial charge is 0.416 e. The standard InChI is InChI=1S/C20H22F3N3O3S/c21-20(22,23)15-7-6-11-18(13-15)30(28,29)26-12-5-4-10-17(26)14-24-19(27)25-16-8-2-1-3-9-16/h1-3,6-9,11,13,17H,4-5,10,12,14H2,(H2,24,25,27)/t17-/m1/s1. The molecule has 6 nitrogen and oxygen atoms in total. The number of alkyl halides is 3. The number of hydrogen-bond acceptors (Lipinski definition) is 3. The van der Waals surface area contributed by atoms with E-state index in [4.69, 9.17) is 0 Å². The summed E-state index contributed by atoms with van der Waals surface area (Å²) in [4.78, 5) is 11.7. The van der Waals surface area contributed by atoms with Gasteiger partial charge < -0.3 is 10.6 Å². The summed E-state index contributed by atoms with van der Waals surface area (Å²) < 4.78 is 66.3. The van der Waals surface area contributed by atoms with Crippen LogP contribution in [-0.4, -0.2) is 37.9 Å². The summed E-state index contributed by atoms with van der Waals surface area (Å²) in [6, 6.07) is 11.5. The molecule has 0 aliphatic carbocycles. The van der Waals surface area contributed by atoms with E-state index in [1.165, 1.54) is 4.31 Å². The number of sulfonamides is 1. The smallest absolute Gasteiger partial charge is 0.336 e. The maximum absolute atomic E-state index is 13.0. The Bertz CT molecular complexity index is 982. The number of carbonyl (C=O) groups is 1. The lowest BCUT2D eigenvalue weighted by molar-refractivity contribution is -0.137. The summed E-state index contributed by atoms with van der Waals surface area (Å²) in [5.74, 6) is 0. The number of para-hydroxylation sites is 1. The van der Waals surface area contributed by atoms with Gasteiger partial charge in [-0.2, -0.15) is 17.5 Å². The molecule has 1 atom stereocenters. The van der Waals surface area contributed by atoms with Crippen LogP contribution in [0.5, 0.6) is 0 Å². The number of carbonyl (C=O) groups excluding carboxylic acids is 1. The third-order valence-electron chi connectivity index (χ3n) is 4.87. The quantitative estimate of drug-likeness (QED) is 0.734. The first-order valence-corrected chi connectivity index (χ1v) is 10.9. The maximum Gasteiger partial charge on any atom is 0.416 e. The number of piperidine rings is 1. The van der Waals surface area contributed by atoms with Crippen LogP contribution in [0.2, 0.25) is 0 Å². The second-order valence-corrected chi connectivity index (χ2v) is 8.88. The monoisotopic (exact) mass is 441 g/mol. The van der Waals surface area contributed by atoms with E-state index in [0.29, 0.717) is 24.6 Å². The van der Waals surface area contributed by atoms with Gasteiger partial charge in [-0.15, -0.1) is 0 Å². The van der Waals surface area contributed by atoms with Crippen molar-refractivity contribution < 1.29 is 26.4 Å². The van der Waals surface area contributed by atoms with Crippen molar-refractivity contribution >= 4 is 21.7 Å². The highest BCUT2D eigenvalue weighted by molar-refractivity contribution is 7.89. The highest BCUT2D eigenvalue weighted by Gasteiger charge is 2.36. The minimum absolute atomic E-state index is 0.0524. The van der Waals surface area contributed by atoms with Gasteiger partial charge in [0, 0.05) is 24.8 Å². The van der Waals surface area contributed by atoms with E-state index in [0.717, 1.165) is 24.6 Å². The molecule has 2 N–H and O–H groups in total. The van der Waals surface area contributed by atoms with Crippen LogP contribution in [0.3, 0.4) is 0 Å². The molecule has 1 aliphatic heterocycles. The maximum atomic E-state index is 13.0. The summed E-state index contributed by atoms with van der Waals surface area (Å²) in [6.07, 6.45) is -2.76. The molecule has 1 fully saturated rings. The molecule has 0 bridgehead atoms. The number of nitrogens with one attached hydrogen (secondary N) is 2. The van der Waals surface area contributed by atoms with E-state index in [9.17, 15) is 26.4 Å². The number of halogens is 3. The zero-order valence-corrected chi connectivity index (χ0v) is 16.8. The summed E-state index contributed by atoms with van der Waals surface area (Å²) >= 11 is 0. The predicted molar refractivity (Wildman–Crippen MR) is 106 cm³/mol. The molecule has 0 aromatic heterocycles. The lowest BCUT2D eigenvalue weighted by atomic mass is 10.1. The van der Waals surface area contributed by atoms with Gasteiger partial charge in [-0.1, -0.05) is 30.7 Å². The van der Waals surface area contributed by atoms with Crippen molar-refractivity contribution in [1.82, 2.24) is 9.62 Å². The van der Waals surface area contributed by atoms with E-state index in [1.54, 1.807) is 24.3 Å². The lowest BCUT2D eigenvalue weighted by Crippen LogP contribution is -2.49. The van der Waals surface area contributed by atoms with Gasteiger partial charge >= 0.3 is 12.2 Å². The van der Waals surface area contributed by atoms with Crippen LogP contribution in [0.1, 0.15) is 24.8 Å². The molecule has 1 saturated heterocycles. The molecule has 1 aliphatic rings. The molecule has 0 saturated carbocycles. The fourth-order valence-corrected chi connectivity index (χ4v) is 5.11. The van der Waals surface area contributed by atoms with E-state index in [-0.39, 0.29) is 13.1 Å². The van der Waals surface area contributed by atoms with Gasteiger partial charge in [0.05, 0.1) is 10.5 Å². The number of anilines is 1. The zero-order chi connectivity index (χ0) is 21.8. The SMILES string of the molecule is O=C(NC[C@H]1CCCCN1S(=O)(=O)c1cccc(C(F)(F)F)c1)Nc1ccccc1. The molecule has 30 heavy (non-hydrogen) atoms. The van der Waals surface area contributed by atoms with Crippen molar-refractivity contribution in [1.29, 1.82) is 0 Å². The Labute approximate surface area is 173 Å². The Morgan fingerprint density at radius 3 is 2.50 bits per heavy atom. The van der Waals surface area contributed by atoms with E-state index in [1.807, 2.05) is 6.07 Å². The fourth-order valence-electron chi connectivity index (χ4n) is 3.37. The van der Waals surface area contributed by atoms with Crippen molar-refractivity contribution in [3.63, 3.8) is 0 Å². The Morgan fingerprint density at radius 1 is 1.07 bits per heavy atom. The van der Waals surface area contributed by atoms with Crippen LogP contribution in [-0.2, 0) is 16.2 Å². The topological polar surface area (TPSA) is 78.5 Å². The number of benzene rings is 2. The fraction of sp³-hybridized carbons (Fsp3) is 0.350. The molecular weight excluding hydrogens is 419 g/mol. The lowest BCUT2D eigenvalue weighted by Gasteiger charge is -2.34. The third kappa shape index (κ3) is 5.31. The van der Waals surface area contributed by atoms with Gasteiger partial charge in [-0.3, -0.25) is 0 Å². The zero-order valence-electron chi connectivity index (χ0n) is 16.0. The molecule has 0 spiro atoms. The Morgan fingerprint density at radius 2 is 1.80 bits per heavy atom. The molecule has 0 unspecified atom stereocenters. The number of nitrogens with zero attached hydrogens (tertiary/aromatic N) is 1. The van der Waals surface area contributed by atoms with Gasteiger partial charge in [-0.25, -0.2) is 13.2 Å². The van der Waals surface area contributed by atoms with E-state index >= 15 is 0 Å². The average Bonchev–Trinajstić information content (AvgIpc) is 2.73. The minimum atomic E-state index is -4.64. The number of urea groups is 1. The second-order valence-electron chi connectivity index (χ2n) is 6.99. The normalized spacial score (nSPS) is 18.0. The molecule has 3 rings (SSSR count). The van der Waals surface area contributed by atoms with Gasteiger partial charge in [0.25, 0.3) is 0 Å². The second kappa shape index (κ2) is 9.05. The van der Waals surface area contributed by atoms with Crippen molar-refractivity contribution in [2.24, 2.45) is 0 Å². The molecular formula is C20H22F3N3O3S. The van der Waals surface area contributed by atoms with E-state index < -0.39 is 38.7 Å². The van der Waals surface area contributed by atoms with Crippen LogP contribution in [0.15, 0.2) is 59.5 Å². The molecule has 0 radical (unpaired) electrons. The minimum Gasteiger partial charge on any atom is -0.336 e. The first kappa shape index (κ1) is 22.1. The summed E-state index contributed by atoms with van der Waals surface area (Å²) in [7, 11) is -4.14. The molecule has 162 valence electrons. The van der Waals surface area contributed by atoms with Crippen molar-refractivity contribution in [3.8, 4) is 0 Å². The average molecular weight is 441 g/mol.